The minimum Gasteiger partial charge on any atom is -1.00 e. The van der Waals surface area contributed by atoms with E-state index in [4.69, 9.17) is 9.90 Å². The van der Waals surface area contributed by atoms with Gasteiger partial charge in [-0.15, -0.1) is 0 Å². The summed E-state index contributed by atoms with van der Waals surface area (Å²) in [5, 5.41) is 16.5. The van der Waals surface area contributed by atoms with Crippen LogP contribution in [0.3, 0.4) is 0 Å². The molecule has 2 N–H and O–H groups in total. The molecule has 0 aromatic carbocycles. The molecule has 9 nitrogen and oxygen atoms in total. The number of guanidine groups is 1. The van der Waals surface area contributed by atoms with Gasteiger partial charge >= 0.3 is 65.1 Å². The van der Waals surface area contributed by atoms with Crippen LogP contribution in [-0.2, 0) is 14.9 Å². The molecule has 21 heavy (non-hydrogen) atoms. The van der Waals surface area contributed by atoms with Crippen LogP contribution in [0.2, 0.25) is 0 Å². The topological polar surface area (TPSA) is 139 Å². The Labute approximate surface area is 168 Å². The van der Waals surface area contributed by atoms with Gasteiger partial charge in [-0.3, -0.25) is 4.79 Å². The second-order valence-corrected chi connectivity index (χ2v) is 5.05. The summed E-state index contributed by atoms with van der Waals surface area (Å²) in [5.74, 6) is -0.991. The van der Waals surface area contributed by atoms with Gasteiger partial charge < -0.3 is 12.5 Å². The van der Waals surface area contributed by atoms with Gasteiger partial charge in [-0.05, 0) is 6.92 Å². The first-order chi connectivity index (χ1) is 8.54. The zero-order valence-corrected chi connectivity index (χ0v) is 16.8. The van der Waals surface area contributed by atoms with Crippen molar-refractivity contribution in [2.75, 3.05) is 0 Å². The van der Waals surface area contributed by atoms with E-state index in [9.17, 15) is 18.2 Å². The van der Waals surface area contributed by atoms with Crippen LogP contribution >= 0.6 is 0 Å². The third kappa shape index (κ3) is 6.82. The number of carbonyl (C=O) groups is 1. The Kier molecular flexibility index (Phi) is 9.66. The fraction of sp³-hybridized carbons (Fsp3) is 0.222. The molecule has 2 aliphatic heterocycles. The van der Waals surface area contributed by atoms with Gasteiger partial charge in [-0.1, -0.05) is 4.65 Å². The smallest absolute Gasteiger partial charge is 1.00 e. The molecule has 0 fully saturated rings. The normalized spacial score (nSPS) is 22.2. The number of fused-ring (bicyclic) bond motifs is 1. The number of allylic oxidation sites excluding steroid dienone is 1. The standard InChI is InChI=1S/C7H7N3O4S.C2H4O2.2Na.2H/c1-5-2-8-7-9-6(15(12,13)14)4-10(7,11)3-5;1-2(3)4;;;;/h2-4,11H,1H3;1H3,(H,3,4);;;;/q;;2*+1;2*-1. The third-order valence-corrected chi connectivity index (χ3v) is 2.59. The van der Waals surface area contributed by atoms with Gasteiger partial charge in [-0.25, -0.2) is 8.42 Å². The maximum absolute atomic E-state index is 10.7. The van der Waals surface area contributed by atoms with E-state index in [1.165, 1.54) is 12.4 Å². The number of nitrogens with zero attached hydrogens (tertiary/aromatic N) is 3. The van der Waals surface area contributed by atoms with E-state index in [-0.39, 0.29) is 67.9 Å². The van der Waals surface area contributed by atoms with Crippen molar-refractivity contribution < 1.29 is 94.7 Å². The van der Waals surface area contributed by atoms with Crippen LogP contribution in [0.4, 0.5) is 0 Å². The van der Waals surface area contributed by atoms with E-state index >= 15 is 0 Å². The molecular formula is C9H13N3Na2O6S. The van der Waals surface area contributed by atoms with Gasteiger partial charge in [0.15, 0.2) is 6.20 Å². The van der Waals surface area contributed by atoms with Gasteiger partial charge in [0.2, 0.25) is 5.03 Å². The zero-order chi connectivity index (χ0) is 14.8. The van der Waals surface area contributed by atoms with Gasteiger partial charge in [-0.2, -0.15) is 15.2 Å². The Hall–Kier alpha value is 0.120. The molecule has 108 valence electrons. The van der Waals surface area contributed by atoms with Crippen LogP contribution < -0.4 is 59.1 Å². The summed E-state index contributed by atoms with van der Waals surface area (Å²) < 4.78 is 31.1. The summed E-state index contributed by atoms with van der Waals surface area (Å²) in [6, 6.07) is 0. The molecule has 2 rings (SSSR count). The summed E-state index contributed by atoms with van der Waals surface area (Å²) in [4.78, 5) is 16.2. The van der Waals surface area contributed by atoms with Crippen molar-refractivity contribution in [3.63, 3.8) is 0 Å². The maximum atomic E-state index is 10.7. The monoisotopic (exact) mass is 337 g/mol. The molecule has 0 aliphatic carbocycles. The molecule has 12 heteroatoms. The number of hydrogen-bond acceptors (Lipinski definition) is 7. The number of quaternary nitrogens is 1. The quantitative estimate of drug-likeness (QED) is 0.278. The Balaban J connectivity index is -0.000000205. The molecule has 0 amide bonds. The molecule has 2 aliphatic rings. The van der Waals surface area contributed by atoms with Crippen molar-refractivity contribution in [3.8, 4) is 0 Å². The van der Waals surface area contributed by atoms with Crippen LogP contribution in [0, 0.1) is 0 Å². The van der Waals surface area contributed by atoms with Crippen molar-refractivity contribution in [2.24, 2.45) is 9.98 Å². The first-order valence-corrected chi connectivity index (χ1v) is 6.28. The average Bonchev–Trinajstić information content (AvgIpc) is 2.52. The predicted octanol–water partition coefficient (Wildman–Crippen LogP) is -5.78. The first kappa shape index (κ1) is 23.4. The summed E-state index contributed by atoms with van der Waals surface area (Å²) in [6.07, 6.45) is 3.57. The Morgan fingerprint density at radius 2 is 1.86 bits per heavy atom. The van der Waals surface area contributed by atoms with Gasteiger partial charge in [0, 0.05) is 18.7 Å². The van der Waals surface area contributed by atoms with Crippen LogP contribution in [0.1, 0.15) is 16.7 Å². The van der Waals surface area contributed by atoms with Crippen molar-refractivity contribution in [1.82, 2.24) is 0 Å². The molecule has 0 saturated heterocycles. The molecule has 1 unspecified atom stereocenters. The third-order valence-electron chi connectivity index (χ3n) is 1.88. The second-order valence-electron chi connectivity index (χ2n) is 3.72. The number of carboxylic acids is 1. The van der Waals surface area contributed by atoms with Crippen LogP contribution in [0.15, 0.2) is 33.0 Å². The Morgan fingerprint density at radius 3 is 2.29 bits per heavy atom. The number of hydroxylamine groups is 3. The van der Waals surface area contributed by atoms with E-state index in [1.54, 1.807) is 6.92 Å². The van der Waals surface area contributed by atoms with Crippen molar-refractivity contribution in [1.29, 1.82) is 0 Å². The van der Waals surface area contributed by atoms with E-state index in [2.05, 4.69) is 9.98 Å². The SMILES string of the molecule is CC(=O)O.CC1=C[N+]2(O)C=C(S(=O)(=O)[O-])N=C2N=C1.[H-].[H-].[Na+].[Na+]. The van der Waals surface area contributed by atoms with Crippen molar-refractivity contribution >= 4 is 28.3 Å². The van der Waals surface area contributed by atoms with Gasteiger partial charge in [0.05, 0.1) is 0 Å². The number of aliphatic imine (C=N–C) groups is 2. The van der Waals surface area contributed by atoms with Crippen molar-refractivity contribution in [2.45, 2.75) is 13.8 Å². The first-order valence-electron chi connectivity index (χ1n) is 4.87. The maximum Gasteiger partial charge on any atom is 1.00 e. The number of carboxylic acid groups (broad SMARTS) is 1. The molecule has 0 aromatic rings. The molecule has 0 radical (unpaired) electrons. The summed E-state index contributed by atoms with van der Waals surface area (Å²) in [7, 11) is -4.67. The fourth-order valence-electron chi connectivity index (χ4n) is 1.27. The van der Waals surface area contributed by atoms with E-state index in [1.807, 2.05) is 0 Å². The van der Waals surface area contributed by atoms with Crippen LogP contribution in [0.5, 0.6) is 0 Å². The minimum absolute atomic E-state index is 0. The molecule has 0 spiro atoms. The molecular weight excluding hydrogens is 324 g/mol. The van der Waals surface area contributed by atoms with Crippen LogP contribution in [-0.4, -0.2) is 46.1 Å². The van der Waals surface area contributed by atoms with E-state index < -0.39 is 25.8 Å². The molecule has 2 heterocycles. The molecule has 1 atom stereocenters. The fourth-order valence-corrected chi connectivity index (χ4v) is 1.76. The van der Waals surface area contributed by atoms with Gasteiger partial charge in [0.1, 0.15) is 16.3 Å². The predicted molar refractivity (Wildman–Crippen MR) is 65.0 cm³/mol. The van der Waals surface area contributed by atoms with E-state index in [0.717, 1.165) is 13.1 Å². The Morgan fingerprint density at radius 1 is 1.38 bits per heavy atom. The minimum atomic E-state index is -4.67. The zero-order valence-electron chi connectivity index (χ0n) is 14.0. The second kappa shape index (κ2) is 8.67. The van der Waals surface area contributed by atoms with Crippen LogP contribution in [0.25, 0.3) is 0 Å². The van der Waals surface area contributed by atoms with Gasteiger partial charge in [0.25, 0.3) is 5.97 Å². The molecule has 0 aromatic heterocycles. The summed E-state index contributed by atoms with van der Waals surface area (Å²) in [6.45, 7) is 2.76. The van der Waals surface area contributed by atoms with E-state index in [0.29, 0.717) is 5.57 Å². The number of hydrogen-bond donors (Lipinski definition) is 2. The molecule has 0 bridgehead atoms. The average molecular weight is 337 g/mol. The summed E-state index contributed by atoms with van der Waals surface area (Å²) in [5.41, 5.74) is 0.636. The Bertz CT molecular complexity index is 646. The molecule has 0 saturated carbocycles. The number of rotatable bonds is 1. The van der Waals surface area contributed by atoms with Crippen molar-refractivity contribution in [3.05, 3.63) is 23.0 Å². The summed E-state index contributed by atoms with van der Waals surface area (Å²) >= 11 is 0. The largest absolute Gasteiger partial charge is 1.00 e. The number of aliphatic carboxylic acids is 1.